The molecule has 0 aliphatic carbocycles. The molecule has 2 aliphatic heterocycles. The van der Waals surface area contributed by atoms with E-state index in [0.717, 1.165) is 19.4 Å². The van der Waals surface area contributed by atoms with Crippen molar-refractivity contribution in [2.24, 2.45) is 0 Å². The Balaban J connectivity index is 1.77. The monoisotopic (exact) mass is 307 g/mol. The van der Waals surface area contributed by atoms with Crippen LogP contribution in [0.1, 0.15) is 30.1 Å². The Morgan fingerprint density at radius 2 is 2.14 bits per heavy atom. The number of ether oxygens (including phenoxy) is 4. The standard InChI is InChI=1S/C16H21NO5/c1-10(12-4-3-5-20-12)17-16(18)11-8-13(19-2)15-14(9-11)21-6-7-22-15/h8-10,12H,3-7H2,1-2H3,(H,17,18). The third-order valence-electron chi connectivity index (χ3n) is 3.97. The molecule has 2 unspecified atom stereocenters. The molecular weight excluding hydrogens is 286 g/mol. The third-order valence-corrected chi connectivity index (χ3v) is 3.97. The zero-order valence-corrected chi connectivity index (χ0v) is 12.9. The zero-order chi connectivity index (χ0) is 15.5. The molecule has 6 heteroatoms. The van der Waals surface area contributed by atoms with Gasteiger partial charge in [0.15, 0.2) is 11.5 Å². The molecule has 3 rings (SSSR count). The minimum Gasteiger partial charge on any atom is -0.493 e. The van der Waals surface area contributed by atoms with E-state index in [1.807, 2.05) is 6.92 Å². The molecular formula is C16H21NO5. The van der Waals surface area contributed by atoms with Crippen LogP contribution in [0, 0.1) is 0 Å². The van der Waals surface area contributed by atoms with Crippen LogP contribution in [0.15, 0.2) is 12.1 Å². The first-order valence-corrected chi connectivity index (χ1v) is 7.59. The van der Waals surface area contributed by atoms with Gasteiger partial charge in [0.1, 0.15) is 13.2 Å². The average Bonchev–Trinajstić information content (AvgIpc) is 3.08. The minimum absolute atomic E-state index is 0.0332. The molecule has 1 aromatic carbocycles. The van der Waals surface area contributed by atoms with E-state index >= 15 is 0 Å². The summed E-state index contributed by atoms with van der Waals surface area (Å²) in [7, 11) is 1.55. The molecule has 0 bridgehead atoms. The highest BCUT2D eigenvalue weighted by molar-refractivity contribution is 5.95. The number of rotatable bonds is 4. The van der Waals surface area contributed by atoms with Gasteiger partial charge in [0.2, 0.25) is 5.75 Å². The first-order chi connectivity index (χ1) is 10.7. The lowest BCUT2D eigenvalue weighted by molar-refractivity contribution is 0.0711. The Hall–Kier alpha value is -1.95. The van der Waals surface area contributed by atoms with Gasteiger partial charge in [0.25, 0.3) is 5.91 Å². The molecule has 0 spiro atoms. The summed E-state index contributed by atoms with van der Waals surface area (Å²) >= 11 is 0. The van der Waals surface area contributed by atoms with Crippen molar-refractivity contribution in [2.45, 2.75) is 31.9 Å². The van der Waals surface area contributed by atoms with E-state index in [9.17, 15) is 4.79 Å². The molecule has 120 valence electrons. The number of methoxy groups -OCH3 is 1. The second-order valence-electron chi connectivity index (χ2n) is 5.52. The molecule has 0 radical (unpaired) electrons. The van der Waals surface area contributed by atoms with Crippen LogP contribution in [0.3, 0.4) is 0 Å². The first-order valence-electron chi connectivity index (χ1n) is 7.59. The number of hydrogen-bond acceptors (Lipinski definition) is 5. The van der Waals surface area contributed by atoms with Gasteiger partial charge in [-0.15, -0.1) is 0 Å². The Morgan fingerprint density at radius 1 is 1.32 bits per heavy atom. The number of carbonyl (C=O) groups is 1. The van der Waals surface area contributed by atoms with Gasteiger partial charge < -0.3 is 24.3 Å². The Bertz CT molecular complexity index is 536. The van der Waals surface area contributed by atoms with Gasteiger partial charge >= 0.3 is 0 Å². The Morgan fingerprint density at radius 3 is 2.86 bits per heavy atom. The van der Waals surface area contributed by atoms with Crippen LogP contribution < -0.4 is 19.5 Å². The van der Waals surface area contributed by atoms with E-state index in [4.69, 9.17) is 18.9 Å². The molecule has 1 saturated heterocycles. The highest BCUT2D eigenvalue weighted by Gasteiger charge is 2.26. The van der Waals surface area contributed by atoms with E-state index in [1.165, 1.54) is 0 Å². The normalized spacial score (nSPS) is 21.3. The van der Waals surface area contributed by atoms with Crippen molar-refractivity contribution < 1.29 is 23.7 Å². The van der Waals surface area contributed by atoms with Crippen molar-refractivity contribution in [1.82, 2.24) is 5.32 Å². The van der Waals surface area contributed by atoms with Crippen molar-refractivity contribution in [1.29, 1.82) is 0 Å². The molecule has 1 amide bonds. The first kappa shape index (κ1) is 15.0. The number of benzene rings is 1. The second kappa shape index (κ2) is 6.44. The SMILES string of the molecule is COc1cc(C(=O)NC(C)C2CCCO2)cc2c1OCCO2. The molecule has 2 atom stereocenters. The summed E-state index contributed by atoms with van der Waals surface area (Å²) in [6.07, 6.45) is 2.11. The summed E-state index contributed by atoms with van der Waals surface area (Å²) in [6, 6.07) is 3.33. The average molecular weight is 307 g/mol. The summed E-state index contributed by atoms with van der Waals surface area (Å²) in [4.78, 5) is 12.4. The van der Waals surface area contributed by atoms with Crippen LogP contribution in [0.5, 0.6) is 17.2 Å². The molecule has 6 nitrogen and oxygen atoms in total. The van der Waals surface area contributed by atoms with Crippen LogP contribution in [0.25, 0.3) is 0 Å². The second-order valence-corrected chi connectivity index (χ2v) is 5.52. The van der Waals surface area contributed by atoms with Crippen LogP contribution in [0.2, 0.25) is 0 Å². The molecule has 0 aromatic heterocycles. The zero-order valence-electron chi connectivity index (χ0n) is 12.9. The summed E-state index contributed by atoms with van der Waals surface area (Å²) < 4.78 is 22.0. The lowest BCUT2D eigenvalue weighted by atomic mass is 10.1. The van der Waals surface area contributed by atoms with E-state index in [1.54, 1.807) is 19.2 Å². The predicted molar refractivity (Wildman–Crippen MR) is 79.9 cm³/mol. The van der Waals surface area contributed by atoms with Gasteiger partial charge in [-0.3, -0.25) is 4.79 Å². The lowest BCUT2D eigenvalue weighted by Gasteiger charge is -2.23. The highest BCUT2D eigenvalue weighted by atomic mass is 16.6. The van der Waals surface area contributed by atoms with Crippen molar-refractivity contribution in [3.8, 4) is 17.2 Å². The maximum absolute atomic E-state index is 12.4. The topological polar surface area (TPSA) is 66.0 Å². The Labute approximate surface area is 129 Å². The fourth-order valence-corrected chi connectivity index (χ4v) is 2.78. The fraction of sp³-hybridized carbons (Fsp3) is 0.562. The van der Waals surface area contributed by atoms with Gasteiger partial charge in [0, 0.05) is 12.2 Å². The third kappa shape index (κ3) is 2.97. The van der Waals surface area contributed by atoms with Gasteiger partial charge in [-0.2, -0.15) is 0 Å². The summed E-state index contributed by atoms with van der Waals surface area (Å²) in [5, 5.41) is 2.98. The highest BCUT2D eigenvalue weighted by Crippen LogP contribution is 2.40. The van der Waals surface area contributed by atoms with E-state index in [2.05, 4.69) is 5.32 Å². The number of carbonyl (C=O) groups excluding carboxylic acids is 1. The number of hydrogen-bond donors (Lipinski definition) is 1. The van der Waals surface area contributed by atoms with Gasteiger partial charge in [-0.05, 0) is 31.9 Å². The van der Waals surface area contributed by atoms with Crippen molar-refractivity contribution in [3.05, 3.63) is 17.7 Å². The van der Waals surface area contributed by atoms with Crippen molar-refractivity contribution in [2.75, 3.05) is 26.9 Å². The molecule has 1 N–H and O–H groups in total. The van der Waals surface area contributed by atoms with Gasteiger partial charge in [0.05, 0.1) is 19.3 Å². The maximum atomic E-state index is 12.4. The van der Waals surface area contributed by atoms with Crippen molar-refractivity contribution in [3.63, 3.8) is 0 Å². The number of nitrogens with one attached hydrogen (secondary N) is 1. The van der Waals surface area contributed by atoms with E-state index in [-0.39, 0.29) is 18.1 Å². The van der Waals surface area contributed by atoms with E-state index in [0.29, 0.717) is 36.0 Å². The Kier molecular flexibility index (Phi) is 4.38. The summed E-state index contributed by atoms with van der Waals surface area (Å²) in [6.45, 7) is 3.67. The van der Waals surface area contributed by atoms with Crippen molar-refractivity contribution >= 4 is 5.91 Å². The summed E-state index contributed by atoms with van der Waals surface area (Å²) in [5.74, 6) is 1.43. The minimum atomic E-state index is -0.168. The van der Waals surface area contributed by atoms with Gasteiger partial charge in [-0.25, -0.2) is 0 Å². The van der Waals surface area contributed by atoms with Gasteiger partial charge in [-0.1, -0.05) is 0 Å². The lowest BCUT2D eigenvalue weighted by Crippen LogP contribution is -2.40. The molecule has 1 aromatic rings. The quantitative estimate of drug-likeness (QED) is 0.918. The van der Waals surface area contributed by atoms with Crippen LogP contribution in [-0.2, 0) is 4.74 Å². The molecule has 0 saturated carbocycles. The largest absolute Gasteiger partial charge is 0.493 e. The maximum Gasteiger partial charge on any atom is 0.251 e. The smallest absolute Gasteiger partial charge is 0.251 e. The molecule has 1 fully saturated rings. The van der Waals surface area contributed by atoms with Crippen LogP contribution in [-0.4, -0.2) is 45.0 Å². The molecule has 2 heterocycles. The summed E-state index contributed by atoms with van der Waals surface area (Å²) in [5.41, 5.74) is 0.492. The predicted octanol–water partition coefficient (Wildman–Crippen LogP) is 1.76. The molecule has 2 aliphatic rings. The molecule has 22 heavy (non-hydrogen) atoms. The fourth-order valence-electron chi connectivity index (χ4n) is 2.78. The van der Waals surface area contributed by atoms with Crippen LogP contribution in [0.4, 0.5) is 0 Å². The van der Waals surface area contributed by atoms with Crippen LogP contribution >= 0.6 is 0 Å². The number of amides is 1. The van der Waals surface area contributed by atoms with E-state index < -0.39 is 0 Å². The number of fused-ring (bicyclic) bond motifs is 1.